The number of methoxy groups -OCH3 is 1. The number of rotatable bonds is 7. The molecule has 0 aromatic heterocycles. The van der Waals surface area contributed by atoms with Crippen LogP contribution in [0.15, 0.2) is 0 Å². The number of aliphatic hydroxyl groups excluding tert-OH is 1. The lowest BCUT2D eigenvalue weighted by Gasteiger charge is -2.25. The van der Waals surface area contributed by atoms with Crippen LogP contribution < -0.4 is 0 Å². The average molecular weight is 238 g/mol. The fourth-order valence-electron chi connectivity index (χ4n) is 0.508. The van der Waals surface area contributed by atoms with Gasteiger partial charge in [0.25, 0.3) is 0 Å². The zero-order valence-electron chi connectivity index (χ0n) is 7.88. The normalized spacial score (nSPS) is 18.6. The monoisotopic (exact) mass is 238 g/mol. The third kappa shape index (κ3) is 5.85. The summed E-state index contributed by atoms with van der Waals surface area (Å²) in [5.41, 5.74) is 0. The lowest BCUT2D eigenvalue weighted by molar-refractivity contribution is -0.575. The molecule has 2 unspecified atom stereocenters. The molecule has 9 heteroatoms. The Bertz CT molecular complexity index is 190. The van der Waals surface area contributed by atoms with E-state index >= 15 is 0 Å². The maximum Gasteiger partial charge on any atom is 0.522 e. The van der Waals surface area contributed by atoms with Crippen LogP contribution in [0.4, 0.5) is 17.7 Å². The van der Waals surface area contributed by atoms with Crippen LogP contribution in [-0.2, 0) is 19.2 Å². The molecular formula is C6H10F4O5. The second-order valence-corrected chi connectivity index (χ2v) is 2.49. The Morgan fingerprint density at radius 1 is 1.33 bits per heavy atom. The molecule has 0 aliphatic carbocycles. The molecule has 5 nitrogen and oxygen atoms in total. The van der Waals surface area contributed by atoms with Crippen molar-refractivity contribution in [3.05, 3.63) is 0 Å². The Morgan fingerprint density at radius 3 is 2.20 bits per heavy atom. The average Bonchev–Trinajstić information content (AvgIpc) is 2.14. The SMILES string of the molecule is COC(F)(OCC(C)O)OC(F)(F)OF. The number of alkyl halides is 3. The van der Waals surface area contributed by atoms with Crippen LogP contribution >= 0.6 is 0 Å². The first-order valence-electron chi connectivity index (χ1n) is 3.68. The Kier molecular flexibility index (Phi) is 5.38. The molecule has 0 heterocycles. The Balaban J connectivity index is 4.30. The summed E-state index contributed by atoms with van der Waals surface area (Å²) < 4.78 is 59.2. The summed E-state index contributed by atoms with van der Waals surface area (Å²) in [6, 6.07) is 0. The van der Waals surface area contributed by atoms with Gasteiger partial charge in [0.2, 0.25) is 0 Å². The fourth-order valence-corrected chi connectivity index (χ4v) is 0.508. The minimum atomic E-state index is -4.86. The molecule has 15 heavy (non-hydrogen) atoms. The minimum absolute atomic E-state index is 0.635. The van der Waals surface area contributed by atoms with Gasteiger partial charge in [0.05, 0.1) is 12.7 Å². The predicted molar refractivity (Wildman–Crippen MR) is 36.7 cm³/mol. The van der Waals surface area contributed by atoms with Crippen LogP contribution in [0.3, 0.4) is 0 Å². The van der Waals surface area contributed by atoms with E-state index in [2.05, 4.69) is 14.2 Å². The molecule has 0 saturated carbocycles. The largest absolute Gasteiger partial charge is 0.522 e. The van der Waals surface area contributed by atoms with E-state index in [1.54, 1.807) is 0 Å². The molecule has 0 fully saturated rings. The minimum Gasteiger partial charge on any atom is -0.391 e. The highest BCUT2D eigenvalue weighted by Crippen LogP contribution is 2.28. The third-order valence-corrected chi connectivity index (χ3v) is 1.07. The van der Waals surface area contributed by atoms with E-state index in [1.807, 2.05) is 4.94 Å². The van der Waals surface area contributed by atoms with Gasteiger partial charge >= 0.3 is 12.5 Å². The smallest absolute Gasteiger partial charge is 0.391 e. The summed E-state index contributed by atoms with van der Waals surface area (Å²) >= 11 is 0. The van der Waals surface area contributed by atoms with E-state index in [4.69, 9.17) is 5.11 Å². The highest BCUT2D eigenvalue weighted by atomic mass is 19.4. The molecule has 2 atom stereocenters. The first kappa shape index (κ1) is 14.5. The second kappa shape index (κ2) is 5.56. The zero-order valence-corrected chi connectivity index (χ0v) is 7.88. The van der Waals surface area contributed by atoms with Gasteiger partial charge in [-0.1, -0.05) is 4.94 Å². The second-order valence-electron chi connectivity index (χ2n) is 2.49. The molecule has 0 aromatic rings. The van der Waals surface area contributed by atoms with E-state index in [-0.39, 0.29) is 0 Å². The topological polar surface area (TPSA) is 57.2 Å². The first-order chi connectivity index (χ1) is 6.74. The van der Waals surface area contributed by atoms with Crippen LogP contribution in [0.1, 0.15) is 6.92 Å². The van der Waals surface area contributed by atoms with Crippen molar-refractivity contribution in [1.82, 2.24) is 0 Å². The number of hydrogen-bond acceptors (Lipinski definition) is 5. The fraction of sp³-hybridized carbons (Fsp3) is 1.00. The van der Waals surface area contributed by atoms with Gasteiger partial charge in [-0.15, -0.1) is 8.78 Å². The number of ether oxygens (including phenoxy) is 3. The van der Waals surface area contributed by atoms with Gasteiger partial charge in [0, 0.05) is 7.11 Å². The van der Waals surface area contributed by atoms with Gasteiger partial charge in [0.15, 0.2) is 0 Å². The summed E-state index contributed by atoms with van der Waals surface area (Å²) in [6.45, 7) is 0.493. The molecule has 1 N–H and O–H groups in total. The molecule has 0 aliphatic rings. The van der Waals surface area contributed by atoms with E-state index in [9.17, 15) is 17.7 Å². The lowest BCUT2D eigenvalue weighted by atomic mass is 10.4. The number of halogens is 4. The number of aliphatic hydroxyl groups is 1. The maximum atomic E-state index is 13.1. The van der Waals surface area contributed by atoms with Crippen molar-refractivity contribution in [2.45, 2.75) is 25.5 Å². The van der Waals surface area contributed by atoms with Crippen LogP contribution in [0.5, 0.6) is 0 Å². The standard InChI is InChI=1S/C6H10F4O5/c1-4(11)3-13-6(9,12-2)14-5(7,8)15-10/h4,11H,3H2,1-2H3. The van der Waals surface area contributed by atoms with Crippen LogP contribution in [0, 0.1) is 0 Å². The Morgan fingerprint density at radius 2 is 1.87 bits per heavy atom. The van der Waals surface area contributed by atoms with Gasteiger partial charge in [-0.2, -0.15) is 4.39 Å². The summed E-state index contributed by atoms with van der Waals surface area (Å²) in [6.07, 6.45) is -9.73. The molecule has 0 rings (SSSR count). The summed E-state index contributed by atoms with van der Waals surface area (Å²) in [4.78, 5) is 2.02. The van der Waals surface area contributed by atoms with Crippen molar-refractivity contribution in [3.8, 4) is 0 Å². The maximum absolute atomic E-state index is 13.1. The van der Waals surface area contributed by atoms with Crippen LogP contribution in [0.2, 0.25) is 0 Å². The molecule has 0 aliphatic heterocycles. The molecule has 0 amide bonds. The summed E-state index contributed by atoms with van der Waals surface area (Å²) in [5.74, 6) is 0. The van der Waals surface area contributed by atoms with Crippen molar-refractivity contribution in [3.63, 3.8) is 0 Å². The van der Waals surface area contributed by atoms with Gasteiger partial charge in [-0.3, -0.25) is 4.74 Å². The van der Waals surface area contributed by atoms with Crippen LogP contribution in [-0.4, -0.2) is 37.4 Å². The lowest BCUT2D eigenvalue weighted by Crippen LogP contribution is -2.42. The van der Waals surface area contributed by atoms with E-state index < -0.39 is 25.2 Å². The molecule has 0 radical (unpaired) electrons. The van der Waals surface area contributed by atoms with Crippen molar-refractivity contribution in [2.75, 3.05) is 13.7 Å². The van der Waals surface area contributed by atoms with E-state index in [0.29, 0.717) is 7.11 Å². The van der Waals surface area contributed by atoms with Crippen molar-refractivity contribution in [1.29, 1.82) is 0 Å². The first-order valence-corrected chi connectivity index (χ1v) is 3.68. The Hall–Kier alpha value is -0.480. The molecule has 0 aromatic carbocycles. The van der Waals surface area contributed by atoms with Crippen molar-refractivity contribution in [2.24, 2.45) is 0 Å². The van der Waals surface area contributed by atoms with Crippen LogP contribution in [0.25, 0.3) is 0 Å². The van der Waals surface area contributed by atoms with Gasteiger partial charge in [-0.05, 0) is 11.4 Å². The molecular weight excluding hydrogens is 228 g/mol. The molecule has 0 saturated heterocycles. The summed E-state index contributed by atoms with van der Waals surface area (Å²) in [7, 11) is 0.635. The third-order valence-electron chi connectivity index (χ3n) is 1.07. The van der Waals surface area contributed by atoms with Crippen molar-refractivity contribution >= 4 is 0 Å². The van der Waals surface area contributed by atoms with Crippen molar-refractivity contribution < 1.29 is 42.0 Å². The van der Waals surface area contributed by atoms with E-state index in [0.717, 1.165) is 0 Å². The highest BCUT2D eigenvalue weighted by Gasteiger charge is 2.48. The Labute approximate surface area is 82.4 Å². The molecule has 0 spiro atoms. The van der Waals surface area contributed by atoms with Gasteiger partial charge in [-0.25, -0.2) is 4.74 Å². The van der Waals surface area contributed by atoms with E-state index in [1.165, 1.54) is 6.92 Å². The predicted octanol–water partition coefficient (Wildman–Crippen LogP) is 1.08. The molecule has 92 valence electrons. The zero-order chi connectivity index (χ0) is 12.1. The number of hydrogen-bond donors (Lipinski definition) is 1. The highest BCUT2D eigenvalue weighted by molar-refractivity contribution is 4.45. The quantitative estimate of drug-likeness (QED) is 0.531. The van der Waals surface area contributed by atoms with Gasteiger partial charge < -0.3 is 9.84 Å². The van der Waals surface area contributed by atoms with Gasteiger partial charge in [0.1, 0.15) is 0 Å². The molecule has 0 bridgehead atoms. The summed E-state index contributed by atoms with van der Waals surface area (Å²) in [5, 5.41) is 8.67.